The predicted octanol–water partition coefficient (Wildman–Crippen LogP) is 1.70. The fraction of sp³-hybridized carbons (Fsp3) is 0.261. The summed E-state index contributed by atoms with van der Waals surface area (Å²) in [5.41, 5.74) is 2.72. The summed E-state index contributed by atoms with van der Waals surface area (Å²) >= 11 is 0. The van der Waals surface area contributed by atoms with Gasteiger partial charge in [0.05, 0.1) is 18.0 Å². The number of esters is 1. The third-order valence-electron chi connectivity index (χ3n) is 4.45. The number of aliphatic hydroxyl groups excluding tert-OH is 1. The van der Waals surface area contributed by atoms with E-state index >= 15 is 0 Å². The van der Waals surface area contributed by atoms with Gasteiger partial charge in [0.2, 0.25) is 6.41 Å². The number of aliphatic hydroxyl groups is 1. The van der Waals surface area contributed by atoms with Crippen LogP contribution in [0.1, 0.15) is 29.4 Å². The van der Waals surface area contributed by atoms with Crippen LogP contribution in [0.25, 0.3) is 16.9 Å². The number of pyridine rings is 1. The SMILES string of the molecule is CCOC(=O)c1cc(-n2cncn2)cc(-c2cccc(C#CC(O)CCN(C)C=O)c2)n1. The molecule has 0 aliphatic carbocycles. The predicted molar refractivity (Wildman–Crippen MR) is 117 cm³/mol. The summed E-state index contributed by atoms with van der Waals surface area (Å²) in [5.74, 6) is 5.19. The van der Waals surface area contributed by atoms with Crippen LogP contribution in [-0.4, -0.2) is 68.4 Å². The molecule has 3 rings (SSSR count). The Morgan fingerprint density at radius 2 is 2.19 bits per heavy atom. The lowest BCUT2D eigenvalue weighted by Gasteiger charge is -2.10. The molecule has 9 nitrogen and oxygen atoms in total. The van der Waals surface area contributed by atoms with Gasteiger partial charge in [-0.3, -0.25) is 4.79 Å². The van der Waals surface area contributed by atoms with Crippen LogP contribution in [0.5, 0.6) is 0 Å². The Kier molecular flexibility index (Phi) is 7.67. The van der Waals surface area contributed by atoms with Crippen molar-refractivity contribution < 1.29 is 19.4 Å². The molecular formula is C23H23N5O4. The molecule has 32 heavy (non-hydrogen) atoms. The smallest absolute Gasteiger partial charge is 0.357 e. The molecule has 0 saturated heterocycles. The van der Waals surface area contributed by atoms with Crippen molar-refractivity contribution in [1.82, 2.24) is 24.6 Å². The van der Waals surface area contributed by atoms with Crippen LogP contribution in [0.3, 0.4) is 0 Å². The zero-order chi connectivity index (χ0) is 22.9. The normalized spacial score (nSPS) is 11.2. The van der Waals surface area contributed by atoms with Crippen molar-refractivity contribution in [1.29, 1.82) is 0 Å². The van der Waals surface area contributed by atoms with E-state index in [1.807, 2.05) is 24.3 Å². The number of aromatic nitrogens is 4. The topological polar surface area (TPSA) is 110 Å². The highest BCUT2D eigenvalue weighted by molar-refractivity contribution is 5.89. The second kappa shape index (κ2) is 10.8. The number of hydrogen-bond acceptors (Lipinski definition) is 7. The van der Waals surface area contributed by atoms with Gasteiger partial charge in [-0.1, -0.05) is 24.0 Å². The van der Waals surface area contributed by atoms with E-state index in [9.17, 15) is 14.7 Å². The lowest BCUT2D eigenvalue weighted by molar-refractivity contribution is -0.117. The van der Waals surface area contributed by atoms with E-state index in [1.54, 1.807) is 26.1 Å². The number of carbonyl (C=O) groups is 2. The lowest BCUT2D eigenvalue weighted by Crippen LogP contribution is -2.21. The van der Waals surface area contributed by atoms with Gasteiger partial charge in [-0.05, 0) is 31.2 Å². The number of ether oxygens (including phenoxy) is 1. The molecule has 1 aromatic carbocycles. The van der Waals surface area contributed by atoms with Gasteiger partial charge in [-0.2, -0.15) is 5.10 Å². The zero-order valence-corrected chi connectivity index (χ0v) is 17.8. The Bertz CT molecular complexity index is 1130. The highest BCUT2D eigenvalue weighted by atomic mass is 16.5. The van der Waals surface area contributed by atoms with Gasteiger partial charge < -0.3 is 14.7 Å². The van der Waals surface area contributed by atoms with Crippen molar-refractivity contribution in [3.05, 3.63) is 60.3 Å². The van der Waals surface area contributed by atoms with Gasteiger partial charge in [-0.25, -0.2) is 19.4 Å². The molecule has 0 fully saturated rings. The molecule has 2 aromatic heterocycles. The third kappa shape index (κ3) is 6.00. The van der Waals surface area contributed by atoms with Crippen molar-refractivity contribution in [3.63, 3.8) is 0 Å². The fourth-order valence-electron chi connectivity index (χ4n) is 2.82. The molecular weight excluding hydrogens is 410 g/mol. The van der Waals surface area contributed by atoms with Crippen LogP contribution in [0, 0.1) is 11.8 Å². The molecule has 1 amide bonds. The summed E-state index contributed by atoms with van der Waals surface area (Å²) in [6, 6.07) is 10.7. The van der Waals surface area contributed by atoms with Crippen molar-refractivity contribution in [2.24, 2.45) is 0 Å². The van der Waals surface area contributed by atoms with Gasteiger partial charge in [0, 0.05) is 31.1 Å². The summed E-state index contributed by atoms with van der Waals surface area (Å²) in [5, 5.41) is 14.2. The Morgan fingerprint density at radius 1 is 1.34 bits per heavy atom. The molecule has 0 radical (unpaired) electrons. The first-order chi connectivity index (χ1) is 15.5. The largest absolute Gasteiger partial charge is 0.461 e. The van der Waals surface area contributed by atoms with Crippen LogP contribution < -0.4 is 0 Å². The minimum Gasteiger partial charge on any atom is -0.461 e. The van der Waals surface area contributed by atoms with Gasteiger partial charge in [-0.15, -0.1) is 0 Å². The van der Waals surface area contributed by atoms with Crippen LogP contribution in [0.15, 0.2) is 49.1 Å². The summed E-state index contributed by atoms with van der Waals surface area (Å²) < 4.78 is 6.64. The van der Waals surface area contributed by atoms with Crippen molar-refractivity contribution in [2.75, 3.05) is 20.2 Å². The van der Waals surface area contributed by atoms with Crippen LogP contribution >= 0.6 is 0 Å². The molecule has 0 spiro atoms. The monoisotopic (exact) mass is 433 g/mol. The maximum Gasteiger partial charge on any atom is 0.357 e. The van der Waals surface area contributed by atoms with Crippen LogP contribution in [0.2, 0.25) is 0 Å². The maximum absolute atomic E-state index is 12.3. The number of nitrogens with zero attached hydrogens (tertiary/aromatic N) is 5. The minimum absolute atomic E-state index is 0.154. The van der Waals surface area contributed by atoms with Gasteiger partial charge >= 0.3 is 5.97 Å². The zero-order valence-electron chi connectivity index (χ0n) is 17.8. The molecule has 1 atom stereocenters. The fourth-order valence-corrected chi connectivity index (χ4v) is 2.82. The van der Waals surface area contributed by atoms with Crippen molar-refractivity contribution >= 4 is 12.4 Å². The molecule has 0 aliphatic rings. The number of amides is 1. The number of hydrogen-bond donors (Lipinski definition) is 1. The molecule has 9 heteroatoms. The molecule has 3 aromatic rings. The first-order valence-corrected chi connectivity index (χ1v) is 10.00. The van der Waals surface area contributed by atoms with Gasteiger partial charge in [0.1, 0.15) is 18.8 Å². The average molecular weight is 433 g/mol. The Morgan fingerprint density at radius 3 is 2.91 bits per heavy atom. The molecule has 0 bridgehead atoms. The van der Waals surface area contributed by atoms with E-state index in [0.717, 1.165) is 5.56 Å². The number of carbonyl (C=O) groups excluding carboxylic acids is 2. The summed E-state index contributed by atoms with van der Waals surface area (Å²) in [6.45, 7) is 2.38. The number of rotatable bonds is 8. The molecule has 0 saturated carbocycles. The van der Waals surface area contributed by atoms with E-state index < -0.39 is 12.1 Å². The highest BCUT2D eigenvalue weighted by Crippen LogP contribution is 2.22. The summed E-state index contributed by atoms with van der Waals surface area (Å²) in [7, 11) is 1.64. The first-order valence-electron chi connectivity index (χ1n) is 10.00. The van der Waals surface area contributed by atoms with E-state index in [4.69, 9.17) is 4.74 Å². The second-order valence-electron chi connectivity index (χ2n) is 6.90. The molecule has 0 aliphatic heterocycles. The van der Waals surface area contributed by atoms with Crippen molar-refractivity contribution in [3.8, 4) is 28.8 Å². The van der Waals surface area contributed by atoms with Crippen LogP contribution in [-0.2, 0) is 9.53 Å². The summed E-state index contributed by atoms with van der Waals surface area (Å²) in [4.78, 5) is 32.8. The Labute approximate surface area is 185 Å². The van der Waals surface area contributed by atoms with E-state index in [1.165, 1.54) is 22.2 Å². The second-order valence-corrected chi connectivity index (χ2v) is 6.90. The highest BCUT2D eigenvalue weighted by Gasteiger charge is 2.14. The quantitative estimate of drug-likeness (QED) is 0.327. The Balaban J connectivity index is 1.90. The lowest BCUT2D eigenvalue weighted by atomic mass is 10.1. The number of benzene rings is 1. The molecule has 1 N–H and O–H groups in total. The van der Waals surface area contributed by atoms with Gasteiger partial charge in [0.25, 0.3) is 0 Å². The third-order valence-corrected chi connectivity index (χ3v) is 4.45. The average Bonchev–Trinajstić information content (AvgIpc) is 3.36. The minimum atomic E-state index is -0.856. The standard InChI is InChI=1S/C23H23N5O4/c1-3-32-23(31)22-13-19(28-15-24-14-25-28)12-21(26-22)18-6-4-5-17(11-18)7-8-20(30)9-10-27(2)16-29/h4-6,11-16,20,30H,3,9-10H2,1-2H3. The van der Waals surface area contributed by atoms with Crippen molar-refractivity contribution in [2.45, 2.75) is 19.4 Å². The molecule has 1 unspecified atom stereocenters. The summed E-state index contributed by atoms with van der Waals surface area (Å²) in [6.07, 6.45) is 3.13. The first kappa shape index (κ1) is 22.7. The van der Waals surface area contributed by atoms with E-state index in [2.05, 4.69) is 26.9 Å². The van der Waals surface area contributed by atoms with Gasteiger partial charge in [0.15, 0.2) is 5.69 Å². The molecule has 164 valence electrons. The van der Waals surface area contributed by atoms with Crippen LogP contribution in [0.4, 0.5) is 0 Å². The van der Waals surface area contributed by atoms with E-state index in [-0.39, 0.29) is 12.3 Å². The maximum atomic E-state index is 12.3. The molecule has 2 heterocycles. The van der Waals surface area contributed by atoms with E-state index in [0.29, 0.717) is 36.3 Å². The Hall–Kier alpha value is -4.03.